The summed E-state index contributed by atoms with van der Waals surface area (Å²) >= 11 is 0. The zero-order valence-electron chi connectivity index (χ0n) is 17.6. The fraction of sp³-hybridized carbons (Fsp3) is 0.346. The van der Waals surface area contributed by atoms with Crippen molar-refractivity contribution >= 4 is 39.8 Å². The third-order valence-electron chi connectivity index (χ3n) is 7.26. The number of H-pyrrole nitrogens is 1. The van der Waals surface area contributed by atoms with Crippen molar-refractivity contribution in [1.82, 2.24) is 9.88 Å². The number of carbonyl (C=O) groups is 1. The maximum Gasteiger partial charge on any atom is 0.219 e. The number of amides is 1. The molecule has 1 N–H and O–H groups in total. The zero-order chi connectivity index (χ0) is 20.8. The summed E-state index contributed by atoms with van der Waals surface area (Å²) < 4.78 is 5.93. The molecular weight excluding hydrogens is 386 g/mol. The number of carbonyl (C=O) groups excluding carboxylic acids is 1. The third-order valence-corrected chi connectivity index (χ3v) is 7.26. The first-order chi connectivity index (χ1) is 15.3. The summed E-state index contributed by atoms with van der Waals surface area (Å²) in [7, 11) is 0. The molecular formula is C26H27N3O2. The van der Waals surface area contributed by atoms with E-state index in [2.05, 4.69) is 16.0 Å². The van der Waals surface area contributed by atoms with E-state index < -0.39 is 0 Å². The number of nitrogens with zero attached hydrogens (tertiary/aromatic N) is 2. The number of hydrogen-bond donors (Lipinski definition) is 1. The Balaban J connectivity index is 1.35. The van der Waals surface area contributed by atoms with Crippen LogP contribution in [0, 0.1) is 0 Å². The molecule has 0 bridgehead atoms. The van der Waals surface area contributed by atoms with Gasteiger partial charge in [0.05, 0.1) is 12.0 Å². The van der Waals surface area contributed by atoms with Gasteiger partial charge in [-0.25, -0.2) is 0 Å². The fourth-order valence-electron chi connectivity index (χ4n) is 5.62. The van der Waals surface area contributed by atoms with Crippen molar-refractivity contribution in [2.24, 2.45) is 0 Å². The number of fused-ring (bicyclic) bond motifs is 3. The average Bonchev–Trinajstić information content (AvgIpc) is 3.43. The topological polar surface area (TPSA) is 52.5 Å². The minimum absolute atomic E-state index is 0.522. The van der Waals surface area contributed by atoms with E-state index in [0.29, 0.717) is 12.0 Å². The van der Waals surface area contributed by atoms with E-state index >= 15 is 0 Å². The molecule has 1 amide bonds. The Hall–Kier alpha value is -3.05. The van der Waals surface area contributed by atoms with Gasteiger partial charge in [0.25, 0.3) is 0 Å². The van der Waals surface area contributed by atoms with Crippen LogP contribution in [-0.4, -0.2) is 35.4 Å². The van der Waals surface area contributed by atoms with Crippen LogP contribution in [0.1, 0.15) is 43.6 Å². The Kier molecular flexibility index (Phi) is 4.57. The Labute approximate surface area is 181 Å². The number of aromatic amines is 1. The molecule has 158 valence electrons. The molecule has 2 aromatic heterocycles. The molecule has 2 aliphatic heterocycles. The smallest absolute Gasteiger partial charge is 0.219 e. The summed E-state index contributed by atoms with van der Waals surface area (Å²) in [6.45, 7) is 2.43. The van der Waals surface area contributed by atoms with Crippen molar-refractivity contribution in [1.29, 1.82) is 0 Å². The number of nitrogens with one attached hydrogen (secondary N) is 1. The molecule has 2 unspecified atom stereocenters. The molecule has 4 heterocycles. The van der Waals surface area contributed by atoms with Crippen molar-refractivity contribution in [3.63, 3.8) is 0 Å². The first kappa shape index (κ1) is 18.7. The quantitative estimate of drug-likeness (QED) is 0.421. The highest BCUT2D eigenvalue weighted by Crippen LogP contribution is 2.40. The van der Waals surface area contributed by atoms with Crippen LogP contribution in [-0.2, 0) is 4.79 Å². The Morgan fingerprint density at radius 2 is 2.00 bits per heavy atom. The normalized spacial score (nSPS) is 21.9. The molecule has 6 rings (SSSR count). The van der Waals surface area contributed by atoms with Crippen molar-refractivity contribution in [2.45, 2.75) is 44.1 Å². The maximum absolute atomic E-state index is 12.1. The molecule has 0 aliphatic carbocycles. The molecule has 5 nitrogen and oxygen atoms in total. The SMILES string of the molecule is O=CN(c1ccc2occ(C3CCN4CCCCC4C3)c2c1)c1cc2ccccc2[nH]1. The van der Waals surface area contributed by atoms with E-state index in [0.717, 1.165) is 39.8 Å². The van der Waals surface area contributed by atoms with Gasteiger partial charge in [-0.2, -0.15) is 0 Å². The second-order valence-electron chi connectivity index (χ2n) is 9.00. The fourth-order valence-corrected chi connectivity index (χ4v) is 5.62. The Bertz CT molecular complexity index is 1210. The van der Waals surface area contributed by atoms with Crippen molar-refractivity contribution in [2.75, 3.05) is 18.0 Å². The molecule has 31 heavy (non-hydrogen) atoms. The van der Waals surface area contributed by atoms with E-state index in [1.54, 1.807) is 4.90 Å². The van der Waals surface area contributed by atoms with Gasteiger partial charge < -0.3 is 14.3 Å². The number of benzene rings is 2. The number of furan rings is 1. The molecule has 2 aromatic carbocycles. The monoisotopic (exact) mass is 413 g/mol. The molecule has 2 aliphatic rings. The molecule has 2 fully saturated rings. The second-order valence-corrected chi connectivity index (χ2v) is 9.00. The van der Waals surface area contributed by atoms with Crippen molar-refractivity contribution in [3.05, 3.63) is 60.4 Å². The highest BCUT2D eigenvalue weighted by Gasteiger charge is 2.32. The first-order valence-electron chi connectivity index (χ1n) is 11.4. The number of rotatable bonds is 4. The summed E-state index contributed by atoms with van der Waals surface area (Å²) in [5.41, 5.74) is 4.07. The van der Waals surface area contributed by atoms with Gasteiger partial charge in [-0.3, -0.25) is 9.69 Å². The Morgan fingerprint density at radius 3 is 2.90 bits per heavy atom. The number of para-hydroxylation sites is 1. The van der Waals surface area contributed by atoms with Gasteiger partial charge in [-0.15, -0.1) is 0 Å². The van der Waals surface area contributed by atoms with Crippen LogP contribution in [0.4, 0.5) is 11.5 Å². The van der Waals surface area contributed by atoms with Crippen LogP contribution < -0.4 is 4.90 Å². The van der Waals surface area contributed by atoms with Crippen LogP contribution in [0.25, 0.3) is 21.9 Å². The number of hydrogen-bond acceptors (Lipinski definition) is 3. The maximum atomic E-state index is 12.1. The minimum Gasteiger partial charge on any atom is -0.464 e. The number of piperidine rings is 2. The van der Waals surface area contributed by atoms with Crippen LogP contribution in [0.15, 0.2) is 59.2 Å². The van der Waals surface area contributed by atoms with Crippen LogP contribution >= 0.6 is 0 Å². The lowest BCUT2D eigenvalue weighted by Gasteiger charge is -2.42. The molecule has 2 saturated heterocycles. The minimum atomic E-state index is 0.522. The van der Waals surface area contributed by atoms with Crippen LogP contribution in [0.3, 0.4) is 0 Å². The summed E-state index contributed by atoms with van der Waals surface area (Å²) in [6.07, 6.45) is 9.22. The largest absolute Gasteiger partial charge is 0.464 e. The lowest BCUT2D eigenvalue weighted by atomic mass is 9.82. The van der Waals surface area contributed by atoms with Gasteiger partial charge in [-0.1, -0.05) is 24.6 Å². The summed E-state index contributed by atoms with van der Waals surface area (Å²) in [4.78, 5) is 19.8. The number of anilines is 2. The van der Waals surface area contributed by atoms with E-state index in [-0.39, 0.29) is 0 Å². The van der Waals surface area contributed by atoms with Crippen molar-refractivity contribution in [3.8, 4) is 0 Å². The summed E-state index contributed by atoms with van der Waals surface area (Å²) in [5.74, 6) is 1.30. The molecule has 0 radical (unpaired) electrons. The highest BCUT2D eigenvalue weighted by molar-refractivity contribution is 5.95. The molecule has 0 spiro atoms. The van der Waals surface area contributed by atoms with E-state index in [1.165, 1.54) is 50.8 Å². The third kappa shape index (κ3) is 3.24. The molecule has 2 atom stereocenters. The van der Waals surface area contributed by atoms with Gasteiger partial charge >= 0.3 is 0 Å². The second kappa shape index (κ2) is 7.57. The van der Waals surface area contributed by atoms with Gasteiger partial charge in [0, 0.05) is 27.9 Å². The Morgan fingerprint density at radius 1 is 1.06 bits per heavy atom. The van der Waals surface area contributed by atoms with E-state index in [4.69, 9.17) is 4.42 Å². The average molecular weight is 414 g/mol. The first-order valence-corrected chi connectivity index (χ1v) is 11.4. The molecule has 4 aromatic rings. The summed E-state index contributed by atoms with van der Waals surface area (Å²) in [5, 5.41) is 2.23. The van der Waals surface area contributed by atoms with Gasteiger partial charge in [0.2, 0.25) is 6.41 Å². The molecule has 0 saturated carbocycles. The predicted octanol–water partition coefficient (Wildman–Crippen LogP) is 5.94. The number of aromatic nitrogens is 1. The van der Waals surface area contributed by atoms with Crippen LogP contribution in [0.2, 0.25) is 0 Å². The lowest BCUT2D eigenvalue weighted by molar-refractivity contribution is -0.106. The lowest BCUT2D eigenvalue weighted by Crippen LogP contribution is -2.44. The van der Waals surface area contributed by atoms with E-state index in [9.17, 15) is 4.79 Å². The van der Waals surface area contributed by atoms with E-state index in [1.807, 2.05) is 48.7 Å². The summed E-state index contributed by atoms with van der Waals surface area (Å²) in [6, 6.07) is 16.9. The predicted molar refractivity (Wildman–Crippen MR) is 124 cm³/mol. The van der Waals surface area contributed by atoms with Crippen LogP contribution in [0.5, 0.6) is 0 Å². The zero-order valence-corrected chi connectivity index (χ0v) is 17.6. The van der Waals surface area contributed by atoms with Gasteiger partial charge in [0.15, 0.2) is 0 Å². The van der Waals surface area contributed by atoms with Gasteiger partial charge in [0.1, 0.15) is 11.4 Å². The van der Waals surface area contributed by atoms with Crippen molar-refractivity contribution < 1.29 is 9.21 Å². The molecule has 5 heteroatoms. The standard InChI is InChI=1S/C26H27N3O2/c30-17-29(26-14-19-5-1-2-7-24(19)27-26)21-8-9-25-22(15-21)23(16-31-25)18-10-12-28-11-4-3-6-20(28)13-18/h1-2,5,7-9,14-18,20,27H,3-4,6,10-13H2. The van der Waals surface area contributed by atoms with Gasteiger partial charge in [-0.05, 0) is 75.0 Å². The highest BCUT2D eigenvalue weighted by atomic mass is 16.3.